The van der Waals surface area contributed by atoms with Gasteiger partial charge in [0.1, 0.15) is 0 Å². The van der Waals surface area contributed by atoms with Crippen molar-refractivity contribution in [2.24, 2.45) is 0 Å². The van der Waals surface area contributed by atoms with Crippen molar-refractivity contribution in [3.63, 3.8) is 0 Å². The molecule has 0 unspecified atom stereocenters. The van der Waals surface area contributed by atoms with Gasteiger partial charge in [0.25, 0.3) is 0 Å². The van der Waals surface area contributed by atoms with Gasteiger partial charge in [0.05, 0.1) is 16.2 Å². The molecular formula is C77H44O2. The average Bonchev–Trinajstić information content (AvgIpc) is 2.94. The SMILES string of the molecule is O=C(c1ccc2c(c1)C1(c3ccccc3-c3ccccc31)c1ccccc1-2)c1ccc2c(c1)C1(c3ccccc3-2)c2ccccc2-c2ccc(C(=O)c3ccc4c(c3)C3(c5ccccc5-c5ccccc53)c3ccccc3-4)cc21. The van der Waals surface area contributed by atoms with Crippen LogP contribution < -0.4 is 0 Å². The molecule has 364 valence electrons. The van der Waals surface area contributed by atoms with Crippen molar-refractivity contribution in [3.8, 4) is 66.8 Å². The van der Waals surface area contributed by atoms with E-state index in [9.17, 15) is 0 Å². The molecule has 79 heavy (non-hydrogen) atoms. The molecule has 0 bridgehead atoms. The van der Waals surface area contributed by atoms with E-state index in [4.69, 9.17) is 0 Å². The van der Waals surface area contributed by atoms with Gasteiger partial charge in [0.15, 0.2) is 11.6 Å². The highest BCUT2D eigenvalue weighted by Crippen LogP contribution is 2.66. The molecule has 0 heterocycles. The van der Waals surface area contributed by atoms with Crippen molar-refractivity contribution in [2.75, 3.05) is 0 Å². The normalized spacial score (nSPS) is 15.0. The minimum absolute atomic E-state index is 0.0261. The van der Waals surface area contributed by atoms with E-state index in [2.05, 4.69) is 243 Å². The van der Waals surface area contributed by atoms with E-state index in [1.807, 2.05) is 24.3 Å². The van der Waals surface area contributed by atoms with Gasteiger partial charge in [0, 0.05) is 22.3 Å². The second-order valence-corrected chi connectivity index (χ2v) is 22.3. The van der Waals surface area contributed by atoms with Gasteiger partial charge < -0.3 is 0 Å². The summed E-state index contributed by atoms with van der Waals surface area (Å²) < 4.78 is 0. The number of carbonyl (C=O) groups is 2. The maximum atomic E-state index is 15.6. The number of rotatable bonds is 4. The predicted octanol–water partition coefficient (Wildman–Crippen LogP) is 17.2. The Morgan fingerprint density at radius 2 is 0.329 bits per heavy atom. The topological polar surface area (TPSA) is 34.1 Å². The third-order valence-corrected chi connectivity index (χ3v) is 19.1. The van der Waals surface area contributed by atoms with Crippen LogP contribution in [0.5, 0.6) is 0 Å². The number of fused-ring (bicyclic) bond motifs is 30. The zero-order chi connectivity index (χ0) is 51.9. The van der Waals surface area contributed by atoms with Crippen molar-refractivity contribution in [3.05, 3.63) is 356 Å². The van der Waals surface area contributed by atoms with Gasteiger partial charge in [0.2, 0.25) is 0 Å². The third-order valence-electron chi connectivity index (χ3n) is 19.1. The Bertz CT molecular complexity index is 4360. The highest BCUT2D eigenvalue weighted by molar-refractivity contribution is 6.13. The van der Waals surface area contributed by atoms with E-state index in [0.717, 1.165) is 66.8 Å². The molecule has 0 atom stereocenters. The second kappa shape index (κ2) is 15.1. The maximum absolute atomic E-state index is 15.6. The summed E-state index contributed by atoms with van der Waals surface area (Å²) in [6, 6.07) is 95.7. The predicted molar refractivity (Wildman–Crippen MR) is 315 cm³/mol. The lowest BCUT2D eigenvalue weighted by Gasteiger charge is -2.31. The van der Waals surface area contributed by atoms with Crippen LogP contribution in [0.3, 0.4) is 0 Å². The van der Waals surface area contributed by atoms with Crippen LogP contribution in [0, 0.1) is 0 Å². The molecule has 6 aliphatic carbocycles. The largest absolute Gasteiger partial charge is 0.289 e. The van der Waals surface area contributed by atoms with Crippen LogP contribution in [0.15, 0.2) is 267 Å². The van der Waals surface area contributed by atoms with Gasteiger partial charge >= 0.3 is 0 Å². The van der Waals surface area contributed by atoms with E-state index in [1.165, 1.54) is 66.8 Å². The van der Waals surface area contributed by atoms with Crippen molar-refractivity contribution < 1.29 is 9.59 Å². The Morgan fingerprint density at radius 1 is 0.177 bits per heavy atom. The fraction of sp³-hybridized carbons (Fsp3) is 0.0390. The first-order valence-corrected chi connectivity index (χ1v) is 27.5. The summed E-state index contributed by atoms with van der Waals surface area (Å²) in [5, 5.41) is 0. The van der Waals surface area contributed by atoms with Gasteiger partial charge in [-0.3, -0.25) is 9.59 Å². The number of hydrogen-bond donors (Lipinski definition) is 0. The lowest BCUT2D eigenvalue weighted by atomic mass is 9.69. The fourth-order valence-corrected chi connectivity index (χ4v) is 16.2. The summed E-state index contributed by atoms with van der Waals surface area (Å²) in [4.78, 5) is 31.2. The lowest BCUT2D eigenvalue weighted by Crippen LogP contribution is -2.27. The Morgan fingerprint density at radius 3 is 0.519 bits per heavy atom. The Labute approximate surface area is 457 Å². The summed E-state index contributed by atoms with van der Waals surface area (Å²) in [5.41, 5.74) is 28.9. The first-order valence-electron chi connectivity index (χ1n) is 27.5. The first-order chi connectivity index (χ1) is 39.0. The van der Waals surface area contributed by atoms with E-state index < -0.39 is 16.2 Å². The van der Waals surface area contributed by atoms with Crippen LogP contribution in [0.4, 0.5) is 0 Å². The summed E-state index contributed by atoms with van der Waals surface area (Å²) in [6.45, 7) is 0. The zero-order valence-electron chi connectivity index (χ0n) is 42.7. The molecule has 0 aliphatic heterocycles. The molecule has 12 aromatic carbocycles. The molecule has 2 heteroatoms. The molecule has 0 aromatic heterocycles. The van der Waals surface area contributed by atoms with Crippen molar-refractivity contribution in [1.29, 1.82) is 0 Å². The minimum atomic E-state index is -0.799. The number of hydrogen-bond acceptors (Lipinski definition) is 2. The quantitative estimate of drug-likeness (QED) is 0.165. The molecule has 6 aliphatic rings. The van der Waals surface area contributed by atoms with Gasteiger partial charge in [-0.15, -0.1) is 0 Å². The molecule has 18 rings (SSSR count). The molecule has 0 fully saturated rings. The second-order valence-electron chi connectivity index (χ2n) is 22.3. The van der Waals surface area contributed by atoms with Crippen LogP contribution in [0.25, 0.3) is 66.8 Å². The molecule has 2 nitrogen and oxygen atoms in total. The Hall–Kier alpha value is -10.0. The van der Waals surface area contributed by atoms with E-state index in [1.54, 1.807) is 0 Å². The van der Waals surface area contributed by atoms with E-state index in [-0.39, 0.29) is 11.6 Å². The molecular weight excluding hydrogens is 957 g/mol. The Kier molecular flexibility index (Phi) is 8.26. The Balaban J connectivity index is 0.795. The van der Waals surface area contributed by atoms with E-state index in [0.29, 0.717) is 22.3 Å². The number of benzene rings is 12. The van der Waals surface area contributed by atoms with Crippen LogP contribution in [0.1, 0.15) is 98.6 Å². The molecule has 0 N–H and O–H groups in total. The molecule has 0 amide bonds. The molecule has 3 spiro atoms. The maximum Gasteiger partial charge on any atom is 0.193 e. The van der Waals surface area contributed by atoms with Crippen molar-refractivity contribution >= 4 is 11.6 Å². The highest BCUT2D eigenvalue weighted by atomic mass is 16.1. The highest BCUT2D eigenvalue weighted by Gasteiger charge is 2.55. The van der Waals surface area contributed by atoms with Gasteiger partial charge in [-0.05, 0) is 158 Å². The standard InChI is InChI=1S/C77H44O2/c78-73(45-33-37-57-53-21-5-13-29-65(53)75(69(57)41-45)61-25-9-1-17-49(61)50-18-2-10-26-62(50)75)47-35-39-59-55-23-7-15-31-67(55)77(71(59)43-47)68-32-16-8-24-56(68)60-40-36-48(44-72(60)77)74(79)46-34-38-58-54-22-6-14-30-66(54)76(70(58)42-46)63-27-11-3-19-51(63)52-20-4-12-28-64(52)76/h1-44H. The summed E-state index contributed by atoms with van der Waals surface area (Å²) >= 11 is 0. The monoisotopic (exact) mass is 1000 g/mol. The van der Waals surface area contributed by atoms with Crippen molar-refractivity contribution in [2.45, 2.75) is 16.2 Å². The lowest BCUT2D eigenvalue weighted by molar-refractivity contribution is 0.103. The average molecular weight is 1000 g/mol. The first kappa shape index (κ1) is 43.1. The van der Waals surface area contributed by atoms with Crippen LogP contribution in [-0.4, -0.2) is 11.6 Å². The number of carbonyl (C=O) groups excluding carboxylic acids is 2. The van der Waals surface area contributed by atoms with Crippen LogP contribution in [0.2, 0.25) is 0 Å². The van der Waals surface area contributed by atoms with Crippen molar-refractivity contribution in [1.82, 2.24) is 0 Å². The summed E-state index contributed by atoms with van der Waals surface area (Å²) in [5.74, 6) is -0.0521. The van der Waals surface area contributed by atoms with Crippen LogP contribution in [-0.2, 0) is 16.2 Å². The summed E-state index contributed by atoms with van der Waals surface area (Å²) in [7, 11) is 0. The fourth-order valence-electron chi connectivity index (χ4n) is 16.2. The minimum Gasteiger partial charge on any atom is -0.289 e. The summed E-state index contributed by atoms with van der Waals surface area (Å²) in [6.07, 6.45) is 0. The van der Waals surface area contributed by atoms with Gasteiger partial charge in [-0.1, -0.05) is 243 Å². The molecule has 0 saturated heterocycles. The van der Waals surface area contributed by atoms with Gasteiger partial charge in [-0.25, -0.2) is 0 Å². The molecule has 12 aromatic rings. The number of ketones is 2. The third kappa shape index (κ3) is 5.05. The molecule has 0 saturated carbocycles. The van der Waals surface area contributed by atoms with Crippen LogP contribution >= 0.6 is 0 Å². The zero-order valence-corrected chi connectivity index (χ0v) is 42.7. The smallest absolute Gasteiger partial charge is 0.193 e. The molecule has 0 radical (unpaired) electrons. The van der Waals surface area contributed by atoms with Gasteiger partial charge in [-0.2, -0.15) is 0 Å². The van der Waals surface area contributed by atoms with E-state index >= 15 is 9.59 Å².